The van der Waals surface area contributed by atoms with E-state index in [1.54, 1.807) is 0 Å². The standard InChI is InChI=1S/C9H17IN2O/c1-8(10)12-4-3-11(2)9(5-12)6-13-7-9/h8H,3-7H2,1-2H3. The molecule has 0 amide bonds. The second-order valence-electron chi connectivity index (χ2n) is 4.18. The lowest BCUT2D eigenvalue weighted by Gasteiger charge is -2.54. The Morgan fingerprint density at radius 2 is 2.08 bits per heavy atom. The van der Waals surface area contributed by atoms with Gasteiger partial charge in [0.05, 0.1) is 22.8 Å². The lowest BCUT2D eigenvalue weighted by Crippen LogP contribution is -2.70. The van der Waals surface area contributed by atoms with Gasteiger partial charge >= 0.3 is 0 Å². The number of hydrogen-bond donors (Lipinski definition) is 0. The minimum absolute atomic E-state index is 0.345. The number of piperazine rings is 1. The van der Waals surface area contributed by atoms with Crippen molar-refractivity contribution in [3.05, 3.63) is 0 Å². The molecule has 0 aromatic heterocycles. The van der Waals surface area contributed by atoms with Gasteiger partial charge in [0.15, 0.2) is 0 Å². The fourth-order valence-electron chi connectivity index (χ4n) is 2.05. The summed E-state index contributed by atoms with van der Waals surface area (Å²) in [7, 11) is 2.22. The van der Waals surface area contributed by atoms with Gasteiger partial charge in [-0.2, -0.15) is 0 Å². The van der Waals surface area contributed by atoms with E-state index in [0.29, 0.717) is 9.59 Å². The Kier molecular flexibility index (Phi) is 2.84. The Morgan fingerprint density at radius 1 is 1.38 bits per heavy atom. The number of rotatable bonds is 1. The summed E-state index contributed by atoms with van der Waals surface area (Å²) in [5.41, 5.74) is 0.345. The fraction of sp³-hybridized carbons (Fsp3) is 1.00. The summed E-state index contributed by atoms with van der Waals surface area (Å²) >= 11 is 2.49. The number of alkyl halides is 1. The lowest BCUT2D eigenvalue weighted by molar-refractivity contribution is -0.161. The van der Waals surface area contributed by atoms with Gasteiger partial charge in [0.2, 0.25) is 0 Å². The first kappa shape index (κ1) is 10.1. The third-order valence-electron chi connectivity index (χ3n) is 3.27. The van der Waals surface area contributed by atoms with Crippen molar-refractivity contribution < 1.29 is 4.74 Å². The quantitative estimate of drug-likeness (QED) is 0.404. The van der Waals surface area contributed by atoms with Crippen LogP contribution in [0.25, 0.3) is 0 Å². The Bertz CT molecular complexity index is 194. The van der Waals surface area contributed by atoms with Crippen molar-refractivity contribution >= 4 is 22.6 Å². The Morgan fingerprint density at radius 3 is 2.54 bits per heavy atom. The predicted octanol–water partition coefficient (Wildman–Crippen LogP) is 0.784. The maximum atomic E-state index is 5.34. The van der Waals surface area contributed by atoms with E-state index >= 15 is 0 Å². The van der Waals surface area contributed by atoms with Crippen LogP contribution < -0.4 is 0 Å². The predicted molar refractivity (Wildman–Crippen MR) is 61.2 cm³/mol. The van der Waals surface area contributed by atoms with Crippen molar-refractivity contribution in [3.8, 4) is 0 Å². The van der Waals surface area contributed by atoms with Crippen LogP contribution in [0.15, 0.2) is 0 Å². The average Bonchev–Trinajstić information content (AvgIpc) is 2.02. The smallest absolute Gasteiger partial charge is 0.0805 e. The zero-order valence-electron chi connectivity index (χ0n) is 8.29. The molecule has 1 atom stereocenters. The largest absolute Gasteiger partial charge is 0.377 e. The molecule has 2 rings (SSSR count). The van der Waals surface area contributed by atoms with E-state index < -0.39 is 0 Å². The van der Waals surface area contributed by atoms with Crippen molar-refractivity contribution in [1.82, 2.24) is 9.80 Å². The molecule has 2 aliphatic rings. The summed E-state index contributed by atoms with van der Waals surface area (Å²) in [6, 6.07) is 0. The first-order valence-corrected chi connectivity index (χ1v) is 6.06. The van der Waals surface area contributed by atoms with Gasteiger partial charge in [-0.25, -0.2) is 0 Å². The van der Waals surface area contributed by atoms with Crippen molar-refractivity contribution in [1.29, 1.82) is 0 Å². The summed E-state index contributed by atoms with van der Waals surface area (Å²) in [6.07, 6.45) is 0. The highest BCUT2D eigenvalue weighted by atomic mass is 127. The van der Waals surface area contributed by atoms with Crippen molar-refractivity contribution in [2.24, 2.45) is 0 Å². The van der Waals surface area contributed by atoms with Gasteiger partial charge in [0.25, 0.3) is 0 Å². The first-order valence-electron chi connectivity index (χ1n) is 4.81. The number of halogens is 1. The normalized spacial score (nSPS) is 31.6. The second-order valence-corrected chi connectivity index (χ2v) is 5.99. The topological polar surface area (TPSA) is 15.7 Å². The van der Waals surface area contributed by atoms with Gasteiger partial charge in [-0.1, -0.05) is 22.6 Å². The van der Waals surface area contributed by atoms with Gasteiger partial charge in [-0.3, -0.25) is 9.80 Å². The van der Waals surface area contributed by atoms with Crippen molar-refractivity contribution in [2.75, 3.05) is 39.9 Å². The molecule has 2 aliphatic heterocycles. The highest BCUT2D eigenvalue weighted by molar-refractivity contribution is 14.1. The monoisotopic (exact) mass is 296 g/mol. The Hall–Kier alpha value is 0.610. The van der Waals surface area contributed by atoms with E-state index in [1.165, 1.54) is 19.6 Å². The van der Waals surface area contributed by atoms with Crippen LogP contribution in [0.5, 0.6) is 0 Å². The van der Waals surface area contributed by atoms with E-state index in [2.05, 4.69) is 46.4 Å². The summed E-state index contributed by atoms with van der Waals surface area (Å²) in [5, 5.41) is 0. The van der Waals surface area contributed by atoms with Crippen LogP contribution in [-0.2, 0) is 4.74 Å². The molecule has 4 heteroatoms. The fourth-order valence-corrected chi connectivity index (χ4v) is 2.52. The maximum absolute atomic E-state index is 5.34. The van der Waals surface area contributed by atoms with Crippen molar-refractivity contribution in [3.63, 3.8) is 0 Å². The number of likely N-dealkylation sites (N-methyl/N-ethyl adjacent to an activating group) is 1. The van der Waals surface area contributed by atoms with Crippen LogP contribution in [0.3, 0.4) is 0 Å². The Balaban J connectivity index is 2.01. The van der Waals surface area contributed by atoms with Gasteiger partial charge in [0, 0.05) is 19.6 Å². The minimum atomic E-state index is 0.345. The average molecular weight is 296 g/mol. The highest BCUT2D eigenvalue weighted by Crippen LogP contribution is 2.29. The summed E-state index contributed by atoms with van der Waals surface area (Å²) < 4.78 is 5.99. The molecular formula is C9H17IN2O. The van der Waals surface area contributed by atoms with Crippen LogP contribution in [0.2, 0.25) is 0 Å². The maximum Gasteiger partial charge on any atom is 0.0805 e. The Labute approximate surface area is 93.5 Å². The second kappa shape index (κ2) is 3.64. The molecule has 3 nitrogen and oxygen atoms in total. The molecule has 0 bridgehead atoms. The van der Waals surface area contributed by atoms with E-state index in [9.17, 15) is 0 Å². The van der Waals surface area contributed by atoms with Gasteiger partial charge in [-0.15, -0.1) is 0 Å². The zero-order valence-corrected chi connectivity index (χ0v) is 10.5. The SMILES string of the molecule is CC(I)N1CCN(C)C2(COC2)C1. The molecule has 0 aliphatic carbocycles. The summed E-state index contributed by atoms with van der Waals surface area (Å²) in [5.74, 6) is 0. The van der Waals surface area contributed by atoms with E-state index in [-0.39, 0.29) is 0 Å². The summed E-state index contributed by atoms with van der Waals surface area (Å²) in [6.45, 7) is 7.65. The number of hydrogen-bond acceptors (Lipinski definition) is 3. The van der Waals surface area contributed by atoms with E-state index in [4.69, 9.17) is 4.74 Å². The van der Waals surface area contributed by atoms with E-state index in [0.717, 1.165) is 13.2 Å². The molecular weight excluding hydrogens is 279 g/mol. The number of nitrogens with zero attached hydrogens (tertiary/aromatic N) is 2. The van der Waals surface area contributed by atoms with Crippen LogP contribution in [0.4, 0.5) is 0 Å². The molecule has 2 saturated heterocycles. The van der Waals surface area contributed by atoms with Gasteiger partial charge in [0.1, 0.15) is 0 Å². The molecule has 1 unspecified atom stereocenters. The first-order chi connectivity index (χ1) is 6.14. The van der Waals surface area contributed by atoms with Crippen LogP contribution in [0, 0.1) is 0 Å². The molecule has 0 aromatic rings. The number of ether oxygens (including phenoxy) is 1. The molecule has 0 saturated carbocycles. The van der Waals surface area contributed by atoms with Crippen molar-refractivity contribution in [2.45, 2.75) is 16.5 Å². The molecule has 0 N–H and O–H groups in total. The van der Waals surface area contributed by atoms with Gasteiger partial charge < -0.3 is 4.74 Å². The molecule has 1 spiro atoms. The molecule has 76 valence electrons. The third-order valence-corrected chi connectivity index (χ3v) is 4.06. The zero-order chi connectivity index (χ0) is 9.47. The van der Waals surface area contributed by atoms with Crippen LogP contribution in [0.1, 0.15) is 6.92 Å². The molecule has 0 radical (unpaired) electrons. The van der Waals surface area contributed by atoms with Gasteiger partial charge in [-0.05, 0) is 14.0 Å². The summed E-state index contributed by atoms with van der Waals surface area (Å²) in [4.78, 5) is 5.01. The molecule has 13 heavy (non-hydrogen) atoms. The molecule has 2 fully saturated rings. The highest BCUT2D eigenvalue weighted by Gasteiger charge is 2.46. The molecule has 0 aromatic carbocycles. The van der Waals surface area contributed by atoms with E-state index in [1.807, 2.05) is 0 Å². The van der Waals surface area contributed by atoms with Crippen LogP contribution >= 0.6 is 22.6 Å². The lowest BCUT2D eigenvalue weighted by atomic mass is 9.92. The van der Waals surface area contributed by atoms with Crippen LogP contribution in [-0.4, -0.2) is 59.3 Å². The minimum Gasteiger partial charge on any atom is -0.377 e. The molecule has 2 heterocycles. The third kappa shape index (κ3) is 1.73.